The molecule has 2 aromatic carbocycles. The molecular formula is C23H29BrIN3O4S. The molecule has 0 unspecified atom stereocenters. The van der Waals surface area contributed by atoms with Gasteiger partial charge in [0.15, 0.2) is 0 Å². The zero-order valence-corrected chi connectivity index (χ0v) is 23.6. The molecule has 0 aromatic heterocycles. The van der Waals surface area contributed by atoms with Crippen molar-refractivity contribution in [3.63, 3.8) is 0 Å². The highest BCUT2D eigenvalue weighted by Crippen LogP contribution is 2.21. The van der Waals surface area contributed by atoms with Crippen molar-refractivity contribution in [3.8, 4) is 0 Å². The zero-order valence-electron chi connectivity index (χ0n) is 19.1. The van der Waals surface area contributed by atoms with Gasteiger partial charge in [0.05, 0.1) is 11.9 Å². The molecule has 2 rings (SSSR count). The number of hydrogen-bond acceptors (Lipinski definition) is 4. The van der Waals surface area contributed by atoms with E-state index in [9.17, 15) is 18.0 Å². The van der Waals surface area contributed by atoms with Gasteiger partial charge in [0, 0.05) is 20.6 Å². The number of hydrogen-bond donors (Lipinski definition) is 1. The standard InChI is InChI=1S/C23H29BrIN3O4S/c1-5-16(2)26-23(30)17(3)27(14-18-7-6-8-19(24)13-18)22(29)15-28(33(4,31)32)21-11-9-20(25)10-12-21/h6-13,16-17H,5,14-15H2,1-4H3,(H,26,30)/t16-,17-/m0/s1. The number of benzene rings is 2. The lowest BCUT2D eigenvalue weighted by atomic mass is 10.1. The smallest absolute Gasteiger partial charge is 0.244 e. The number of rotatable bonds is 10. The Morgan fingerprint density at radius 3 is 2.30 bits per heavy atom. The largest absolute Gasteiger partial charge is 0.352 e. The lowest BCUT2D eigenvalue weighted by Gasteiger charge is -2.32. The third-order valence-corrected chi connectivity index (χ3v) is 7.56. The summed E-state index contributed by atoms with van der Waals surface area (Å²) in [5, 5.41) is 2.91. The van der Waals surface area contributed by atoms with Crippen LogP contribution >= 0.6 is 38.5 Å². The summed E-state index contributed by atoms with van der Waals surface area (Å²) in [6.07, 6.45) is 1.82. The minimum Gasteiger partial charge on any atom is -0.352 e. The van der Waals surface area contributed by atoms with E-state index in [1.54, 1.807) is 31.2 Å². The predicted octanol–water partition coefficient (Wildman–Crippen LogP) is 4.15. The van der Waals surface area contributed by atoms with Crippen LogP contribution in [0.15, 0.2) is 53.0 Å². The first-order chi connectivity index (χ1) is 15.4. The first kappa shape index (κ1) is 27.6. The Balaban J connectivity index is 2.37. The van der Waals surface area contributed by atoms with Crippen LogP contribution in [0.4, 0.5) is 5.69 Å². The summed E-state index contributed by atoms with van der Waals surface area (Å²) < 4.78 is 27.9. The third kappa shape index (κ3) is 8.25. The number of anilines is 1. The number of nitrogens with one attached hydrogen (secondary N) is 1. The van der Waals surface area contributed by atoms with E-state index >= 15 is 0 Å². The van der Waals surface area contributed by atoms with Crippen LogP contribution in [0.25, 0.3) is 0 Å². The van der Waals surface area contributed by atoms with Gasteiger partial charge in [0.2, 0.25) is 21.8 Å². The van der Waals surface area contributed by atoms with Crippen molar-refractivity contribution >= 4 is 66.0 Å². The van der Waals surface area contributed by atoms with Crippen LogP contribution < -0.4 is 9.62 Å². The van der Waals surface area contributed by atoms with Crippen LogP contribution in [-0.2, 0) is 26.2 Å². The molecule has 180 valence electrons. The van der Waals surface area contributed by atoms with Crippen molar-refractivity contribution in [2.45, 2.75) is 45.8 Å². The highest BCUT2D eigenvalue weighted by atomic mass is 127. The molecule has 0 aliphatic heterocycles. The van der Waals surface area contributed by atoms with Crippen molar-refractivity contribution < 1.29 is 18.0 Å². The molecule has 0 fully saturated rings. The Morgan fingerprint density at radius 1 is 1.12 bits per heavy atom. The van der Waals surface area contributed by atoms with Crippen LogP contribution in [0.3, 0.4) is 0 Å². The second kappa shape index (κ2) is 12.2. The molecule has 2 atom stereocenters. The maximum Gasteiger partial charge on any atom is 0.244 e. The van der Waals surface area contributed by atoms with Gasteiger partial charge in [-0.15, -0.1) is 0 Å². The van der Waals surface area contributed by atoms with Gasteiger partial charge in [0.1, 0.15) is 12.6 Å². The van der Waals surface area contributed by atoms with Gasteiger partial charge in [0.25, 0.3) is 0 Å². The predicted molar refractivity (Wildman–Crippen MR) is 143 cm³/mol. The highest BCUT2D eigenvalue weighted by molar-refractivity contribution is 14.1. The minimum absolute atomic E-state index is 0.0397. The van der Waals surface area contributed by atoms with Crippen LogP contribution in [0.1, 0.15) is 32.8 Å². The van der Waals surface area contributed by atoms with Crippen LogP contribution in [0.2, 0.25) is 0 Å². The SMILES string of the molecule is CC[C@H](C)NC(=O)[C@H](C)N(Cc1cccc(Br)c1)C(=O)CN(c1ccc(I)cc1)S(C)(=O)=O. The van der Waals surface area contributed by atoms with E-state index < -0.39 is 28.5 Å². The molecule has 0 radical (unpaired) electrons. The molecule has 0 heterocycles. The zero-order chi connectivity index (χ0) is 24.8. The van der Waals surface area contributed by atoms with Gasteiger partial charge >= 0.3 is 0 Å². The number of nitrogens with zero attached hydrogens (tertiary/aromatic N) is 2. The van der Waals surface area contributed by atoms with E-state index in [-0.39, 0.29) is 18.5 Å². The number of amides is 2. The molecule has 0 aliphatic rings. The van der Waals surface area contributed by atoms with E-state index in [4.69, 9.17) is 0 Å². The van der Waals surface area contributed by atoms with Crippen molar-refractivity contribution in [3.05, 3.63) is 62.1 Å². The summed E-state index contributed by atoms with van der Waals surface area (Å²) in [4.78, 5) is 27.7. The summed E-state index contributed by atoms with van der Waals surface area (Å²) >= 11 is 5.56. The quantitative estimate of drug-likeness (QED) is 0.392. The second-order valence-corrected chi connectivity index (χ2v) is 12.0. The topological polar surface area (TPSA) is 86.8 Å². The summed E-state index contributed by atoms with van der Waals surface area (Å²) in [5.41, 5.74) is 1.21. The number of sulfonamides is 1. The molecule has 0 aliphatic carbocycles. The number of carbonyl (C=O) groups is 2. The lowest BCUT2D eigenvalue weighted by Crippen LogP contribution is -2.52. The van der Waals surface area contributed by atoms with Crippen molar-refractivity contribution in [1.29, 1.82) is 0 Å². The van der Waals surface area contributed by atoms with Gasteiger partial charge in [-0.25, -0.2) is 8.42 Å². The van der Waals surface area contributed by atoms with Crippen molar-refractivity contribution in [2.24, 2.45) is 0 Å². The molecule has 1 N–H and O–H groups in total. The lowest BCUT2D eigenvalue weighted by molar-refractivity contribution is -0.139. The number of halogens is 2. The molecule has 33 heavy (non-hydrogen) atoms. The Bertz CT molecular complexity index is 1080. The average molecular weight is 650 g/mol. The van der Waals surface area contributed by atoms with Gasteiger partial charge < -0.3 is 10.2 Å². The van der Waals surface area contributed by atoms with Gasteiger partial charge in [-0.1, -0.05) is 35.0 Å². The molecule has 0 saturated heterocycles. The molecule has 2 amide bonds. The van der Waals surface area contributed by atoms with Crippen LogP contribution in [0.5, 0.6) is 0 Å². The Kier molecular flexibility index (Phi) is 10.2. The molecule has 0 bridgehead atoms. The molecule has 0 spiro atoms. The van der Waals surface area contributed by atoms with E-state index in [2.05, 4.69) is 43.8 Å². The fraction of sp³-hybridized carbons (Fsp3) is 0.391. The van der Waals surface area contributed by atoms with Gasteiger partial charge in [-0.3, -0.25) is 13.9 Å². The summed E-state index contributed by atoms with van der Waals surface area (Å²) in [6, 6.07) is 13.5. The van der Waals surface area contributed by atoms with Gasteiger partial charge in [-0.05, 0) is 84.8 Å². The number of carbonyl (C=O) groups excluding carboxylic acids is 2. The molecule has 2 aromatic rings. The minimum atomic E-state index is -3.73. The highest BCUT2D eigenvalue weighted by Gasteiger charge is 2.30. The summed E-state index contributed by atoms with van der Waals surface area (Å²) in [7, 11) is -3.73. The normalized spacial score (nSPS) is 13.2. The Morgan fingerprint density at radius 2 is 1.76 bits per heavy atom. The molecule has 0 saturated carbocycles. The average Bonchev–Trinajstić information content (AvgIpc) is 2.75. The van der Waals surface area contributed by atoms with Gasteiger partial charge in [-0.2, -0.15) is 0 Å². The fourth-order valence-electron chi connectivity index (χ4n) is 3.10. The maximum absolute atomic E-state index is 13.5. The third-order valence-electron chi connectivity index (χ3n) is 5.20. The first-order valence-corrected chi connectivity index (χ1v) is 14.2. The fourth-order valence-corrected chi connectivity index (χ4v) is 4.76. The molecular weight excluding hydrogens is 621 g/mol. The van der Waals surface area contributed by atoms with Crippen LogP contribution in [-0.4, -0.2) is 50.0 Å². The summed E-state index contributed by atoms with van der Waals surface area (Å²) in [5.74, 6) is -0.751. The molecule has 10 heteroatoms. The Hall–Kier alpha value is -1.66. The summed E-state index contributed by atoms with van der Waals surface area (Å²) in [6.45, 7) is 5.27. The van der Waals surface area contributed by atoms with E-state index in [0.717, 1.165) is 30.6 Å². The Labute approximate surface area is 218 Å². The van der Waals surface area contributed by atoms with Crippen molar-refractivity contribution in [2.75, 3.05) is 17.1 Å². The monoisotopic (exact) mass is 649 g/mol. The second-order valence-electron chi connectivity index (χ2n) is 7.89. The van der Waals surface area contributed by atoms with Crippen molar-refractivity contribution in [1.82, 2.24) is 10.2 Å². The first-order valence-electron chi connectivity index (χ1n) is 10.5. The molecule has 7 nitrogen and oxygen atoms in total. The van der Waals surface area contributed by atoms with Crippen LogP contribution in [0, 0.1) is 3.57 Å². The van der Waals surface area contributed by atoms with E-state index in [1.807, 2.05) is 38.1 Å². The van der Waals surface area contributed by atoms with E-state index in [1.165, 1.54) is 4.90 Å². The maximum atomic E-state index is 13.5. The van der Waals surface area contributed by atoms with E-state index in [0.29, 0.717) is 5.69 Å².